The van der Waals surface area contributed by atoms with E-state index in [1.807, 2.05) is 53.2 Å². The molecule has 3 aromatic rings. The van der Waals surface area contributed by atoms with E-state index in [4.69, 9.17) is 0 Å². The molecule has 2 heterocycles. The normalized spacial score (nSPS) is 11.4. The van der Waals surface area contributed by atoms with E-state index in [-0.39, 0.29) is 5.91 Å². The van der Waals surface area contributed by atoms with Crippen LogP contribution in [-0.4, -0.2) is 10.5 Å². The number of carbonyl (C=O) groups excluding carboxylic acids is 1. The molecule has 0 unspecified atom stereocenters. The molecule has 0 aliphatic carbocycles. The maximum absolute atomic E-state index is 12.2. The van der Waals surface area contributed by atoms with Crippen LogP contribution >= 0.6 is 0 Å². The Labute approximate surface area is 133 Å². The van der Waals surface area contributed by atoms with Gasteiger partial charge in [-0.15, -0.1) is 0 Å². The first-order valence-electron chi connectivity index (χ1n) is 7.20. The van der Waals surface area contributed by atoms with Crippen LogP contribution < -0.4 is 10.2 Å². The summed E-state index contributed by atoms with van der Waals surface area (Å²) in [5, 5.41) is 11.0. The van der Waals surface area contributed by atoms with E-state index in [0.29, 0.717) is 22.3 Å². The monoisotopic (exact) mass is 305 g/mol. The van der Waals surface area contributed by atoms with Crippen LogP contribution in [0.3, 0.4) is 0 Å². The lowest BCUT2D eigenvalue weighted by molar-refractivity contribution is -0.605. The molecule has 0 aliphatic heterocycles. The molecule has 0 radical (unpaired) electrons. The molecule has 5 nitrogen and oxygen atoms in total. The van der Waals surface area contributed by atoms with Crippen LogP contribution in [0.1, 0.15) is 15.9 Å². The van der Waals surface area contributed by atoms with Gasteiger partial charge < -0.3 is 9.77 Å². The first kappa shape index (κ1) is 14.7. The molecule has 23 heavy (non-hydrogen) atoms. The van der Waals surface area contributed by atoms with Gasteiger partial charge in [0.1, 0.15) is 5.49 Å². The molecular formula is C18H15N3O2. The van der Waals surface area contributed by atoms with Crippen molar-refractivity contribution in [2.24, 2.45) is 4.99 Å². The summed E-state index contributed by atoms with van der Waals surface area (Å²) in [5.74, 6) is -0.376. The van der Waals surface area contributed by atoms with E-state index in [9.17, 15) is 10.0 Å². The lowest BCUT2D eigenvalue weighted by atomic mass is 10.2. The Hall–Kier alpha value is -3.21. The quantitative estimate of drug-likeness (QED) is 0.548. The van der Waals surface area contributed by atoms with Crippen LogP contribution in [0.2, 0.25) is 0 Å². The Morgan fingerprint density at radius 1 is 1.00 bits per heavy atom. The highest BCUT2D eigenvalue weighted by molar-refractivity contribution is 5.94. The van der Waals surface area contributed by atoms with Crippen molar-refractivity contribution >= 4 is 5.91 Å². The zero-order chi connectivity index (χ0) is 16.1. The zero-order valence-electron chi connectivity index (χ0n) is 12.4. The molecule has 0 spiro atoms. The van der Waals surface area contributed by atoms with E-state index in [1.54, 1.807) is 6.07 Å². The summed E-state index contributed by atoms with van der Waals surface area (Å²) in [6.45, 7) is 0.628. The molecule has 1 aromatic carbocycles. The SMILES string of the molecule is O=C(N=c1ccccn1Cc1ccccc1)c1cc[n+]([O-])cc1. The summed E-state index contributed by atoms with van der Waals surface area (Å²) in [7, 11) is 0. The molecule has 0 saturated carbocycles. The predicted molar refractivity (Wildman–Crippen MR) is 85.3 cm³/mol. The average Bonchev–Trinajstić information content (AvgIpc) is 2.58. The summed E-state index contributed by atoms with van der Waals surface area (Å²) >= 11 is 0. The van der Waals surface area contributed by atoms with Crippen LogP contribution in [0.5, 0.6) is 0 Å². The Bertz CT molecular complexity index is 869. The standard InChI is InChI=1S/C18H15N3O2/c22-18(16-9-12-21(23)13-10-16)19-17-8-4-5-11-20(17)14-15-6-2-1-3-7-15/h1-13H,14H2. The van der Waals surface area contributed by atoms with Gasteiger partial charge >= 0.3 is 0 Å². The topological polar surface area (TPSA) is 61.3 Å². The summed E-state index contributed by atoms with van der Waals surface area (Å²) in [6.07, 6.45) is 4.45. The van der Waals surface area contributed by atoms with Crippen molar-refractivity contribution < 1.29 is 9.52 Å². The highest BCUT2D eigenvalue weighted by atomic mass is 16.5. The van der Waals surface area contributed by atoms with Crippen molar-refractivity contribution in [3.63, 3.8) is 0 Å². The van der Waals surface area contributed by atoms with Gasteiger partial charge in [-0.3, -0.25) is 4.79 Å². The fourth-order valence-corrected chi connectivity index (χ4v) is 2.21. The third-order valence-corrected chi connectivity index (χ3v) is 3.38. The Kier molecular flexibility index (Phi) is 4.29. The largest absolute Gasteiger partial charge is 0.619 e. The summed E-state index contributed by atoms with van der Waals surface area (Å²) < 4.78 is 2.54. The van der Waals surface area contributed by atoms with E-state index in [2.05, 4.69) is 4.99 Å². The third-order valence-electron chi connectivity index (χ3n) is 3.38. The highest BCUT2D eigenvalue weighted by Gasteiger charge is 2.05. The number of rotatable bonds is 3. The molecule has 5 heteroatoms. The maximum Gasteiger partial charge on any atom is 0.279 e. The van der Waals surface area contributed by atoms with Gasteiger partial charge in [0.15, 0.2) is 12.4 Å². The van der Waals surface area contributed by atoms with Crippen molar-refractivity contribution in [2.75, 3.05) is 0 Å². The molecule has 0 N–H and O–H groups in total. The van der Waals surface area contributed by atoms with Crippen molar-refractivity contribution in [2.45, 2.75) is 6.54 Å². The van der Waals surface area contributed by atoms with Crippen LogP contribution in [0.4, 0.5) is 0 Å². The van der Waals surface area contributed by atoms with E-state index < -0.39 is 0 Å². The number of hydrogen-bond acceptors (Lipinski definition) is 2. The van der Waals surface area contributed by atoms with Gasteiger partial charge in [-0.2, -0.15) is 9.72 Å². The fraction of sp³-hybridized carbons (Fsp3) is 0.0556. The molecule has 3 rings (SSSR count). The second-order valence-corrected chi connectivity index (χ2v) is 5.04. The molecule has 2 aromatic heterocycles. The summed E-state index contributed by atoms with van der Waals surface area (Å²) in [4.78, 5) is 16.4. The number of benzene rings is 1. The number of nitrogens with zero attached hydrogens (tertiary/aromatic N) is 3. The van der Waals surface area contributed by atoms with Crippen molar-refractivity contribution in [3.8, 4) is 0 Å². The first-order valence-corrected chi connectivity index (χ1v) is 7.20. The Morgan fingerprint density at radius 2 is 1.70 bits per heavy atom. The van der Waals surface area contributed by atoms with Gasteiger partial charge in [0.05, 0.1) is 5.56 Å². The minimum Gasteiger partial charge on any atom is -0.619 e. The van der Waals surface area contributed by atoms with Gasteiger partial charge in [0.25, 0.3) is 5.91 Å². The number of hydrogen-bond donors (Lipinski definition) is 0. The minimum atomic E-state index is -0.376. The van der Waals surface area contributed by atoms with E-state index >= 15 is 0 Å². The Balaban J connectivity index is 1.93. The lowest BCUT2D eigenvalue weighted by Gasteiger charge is -2.07. The zero-order valence-corrected chi connectivity index (χ0v) is 12.4. The molecule has 0 atom stereocenters. The average molecular weight is 305 g/mol. The van der Waals surface area contributed by atoms with Gasteiger partial charge in [-0.25, -0.2) is 0 Å². The molecule has 0 bridgehead atoms. The Morgan fingerprint density at radius 3 is 2.43 bits per heavy atom. The summed E-state index contributed by atoms with van der Waals surface area (Å²) in [6, 6.07) is 18.4. The van der Waals surface area contributed by atoms with Crippen LogP contribution in [0, 0.1) is 5.21 Å². The smallest absolute Gasteiger partial charge is 0.279 e. The maximum atomic E-state index is 12.2. The van der Waals surface area contributed by atoms with Gasteiger partial charge in [0, 0.05) is 24.9 Å². The highest BCUT2D eigenvalue weighted by Crippen LogP contribution is 2.01. The molecule has 114 valence electrons. The second-order valence-electron chi connectivity index (χ2n) is 5.04. The van der Waals surface area contributed by atoms with E-state index in [0.717, 1.165) is 5.56 Å². The molecular weight excluding hydrogens is 290 g/mol. The third kappa shape index (κ3) is 3.71. The van der Waals surface area contributed by atoms with E-state index in [1.165, 1.54) is 24.5 Å². The van der Waals surface area contributed by atoms with Gasteiger partial charge in [0.2, 0.25) is 0 Å². The number of amides is 1. The van der Waals surface area contributed by atoms with Crippen LogP contribution in [0.15, 0.2) is 84.2 Å². The summed E-state index contributed by atoms with van der Waals surface area (Å²) in [5.41, 5.74) is 2.08. The number of carbonyl (C=O) groups is 1. The lowest BCUT2D eigenvalue weighted by Crippen LogP contribution is -2.25. The molecule has 1 amide bonds. The van der Waals surface area contributed by atoms with Crippen LogP contribution in [0.25, 0.3) is 0 Å². The second kappa shape index (κ2) is 6.70. The molecule has 0 saturated heterocycles. The number of pyridine rings is 2. The predicted octanol–water partition coefficient (Wildman–Crippen LogP) is 1.91. The van der Waals surface area contributed by atoms with Crippen molar-refractivity contribution in [1.82, 2.24) is 4.57 Å². The van der Waals surface area contributed by atoms with Gasteiger partial charge in [-0.05, 0) is 17.7 Å². The fourth-order valence-electron chi connectivity index (χ4n) is 2.21. The minimum absolute atomic E-state index is 0.376. The first-order chi connectivity index (χ1) is 11.2. The van der Waals surface area contributed by atoms with Crippen LogP contribution in [-0.2, 0) is 6.54 Å². The van der Waals surface area contributed by atoms with Gasteiger partial charge in [-0.1, -0.05) is 36.4 Å². The number of aromatic nitrogens is 2. The molecule has 0 aliphatic rings. The molecule has 0 fully saturated rings. The van der Waals surface area contributed by atoms with Crippen molar-refractivity contribution in [3.05, 3.63) is 101 Å². The van der Waals surface area contributed by atoms with Crippen molar-refractivity contribution in [1.29, 1.82) is 0 Å².